The molecule has 8 nitrogen and oxygen atoms in total. The molecule has 1 aromatic carbocycles. The van der Waals surface area contributed by atoms with Crippen LogP contribution in [0.1, 0.15) is 42.6 Å². The molecule has 1 aliphatic carbocycles. The van der Waals surface area contributed by atoms with Gasteiger partial charge in [-0.1, -0.05) is 6.07 Å². The third-order valence-corrected chi connectivity index (χ3v) is 5.51. The molecule has 27 heavy (non-hydrogen) atoms. The molecule has 2 rings (SSSR count). The van der Waals surface area contributed by atoms with E-state index in [1.807, 2.05) is 0 Å². The minimum absolute atomic E-state index is 0.0393. The van der Waals surface area contributed by atoms with E-state index in [1.54, 1.807) is 6.92 Å². The van der Waals surface area contributed by atoms with Crippen molar-refractivity contribution in [3.63, 3.8) is 0 Å². The van der Waals surface area contributed by atoms with Gasteiger partial charge in [0.15, 0.2) is 5.78 Å². The van der Waals surface area contributed by atoms with E-state index in [1.165, 1.54) is 32.0 Å². The highest BCUT2D eigenvalue weighted by Gasteiger charge is 2.28. The number of hydrogen-bond acceptors (Lipinski definition) is 7. The predicted octanol–water partition coefficient (Wildman–Crippen LogP) is 2.03. The average molecular weight is 394 g/mol. The van der Waals surface area contributed by atoms with Crippen LogP contribution in [-0.2, 0) is 19.6 Å². The second-order valence-corrected chi connectivity index (χ2v) is 8.17. The summed E-state index contributed by atoms with van der Waals surface area (Å²) in [6, 6.07) is 4.05. The molecule has 0 bridgehead atoms. The third-order valence-electron chi connectivity index (χ3n) is 3.99. The lowest BCUT2D eigenvalue weighted by Gasteiger charge is -2.11. The van der Waals surface area contributed by atoms with Gasteiger partial charge in [0.2, 0.25) is 10.0 Å². The Kier molecular flexibility index (Phi) is 6.17. The summed E-state index contributed by atoms with van der Waals surface area (Å²) in [7, 11) is -3.73. The lowest BCUT2D eigenvalue weighted by molar-refractivity contribution is -0.113. The highest BCUT2D eigenvalue weighted by atomic mass is 32.2. The number of esters is 1. The minimum atomic E-state index is -3.73. The number of sulfonamides is 1. The van der Waals surface area contributed by atoms with Crippen LogP contribution in [0.4, 0.5) is 0 Å². The molecule has 0 aromatic heterocycles. The molecule has 0 aliphatic heterocycles. The van der Waals surface area contributed by atoms with Gasteiger partial charge in [0, 0.05) is 11.8 Å². The quantitative estimate of drug-likeness (QED) is 0.267. The predicted molar refractivity (Wildman–Crippen MR) is 98.5 cm³/mol. The molecule has 0 saturated heterocycles. The van der Waals surface area contributed by atoms with Crippen LogP contribution in [0.2, 0.25) is 0 Å². The Morgan fingerprint density at radius 3 is 2.44 bits per heavy atom. The van der Waals surface area contributed by atoms with Gasteiger partial charge in [-0.05, 0) is 51.3 Å². The van der Waals surface area contributed by atoms with Crippen LogP contribution < -0.4 is 4.72 Å². The molecule has 0 amide bonds. The van der Waals surface area contributed by atoms with Crippen molar-refractivity contribution >= 4 is 27.5 Å². The standard InChI is InChI=1S/C18H22N2O6S/c1-10-4-7-14(27(24,25)20-13-5-6-13)8-15(10)18(23)26-9-16(22)17(11(2)19)12(3)21/h4,7-8,13,19-20,22H,5-6,9H2,1-3H3/b17-16-,19-11?. The fraction of sp³-hybridized carbons (Fsp3) is 0.389. The first kappa shape index (κ1) is 20.8. The summed E-state index contributed by atoms with van der Waals surface area (Å²) in [5.74, 6) is -1.89. The van der Waals surface area contributed by atoms with E-state index in [2.05, 4.69) is 4.72 Å². The van der Waals surface area contributed by atoms with Crippen LogP contribution in [0, 0.1) is 12.3 Å². The fourth-order valence-electron chi connectivity index (χ4n) is 2.44. The molecule has 1 saturated carbocycles. The van der Waals surface area contributed by atoms with Crippen LogP contribution in [-0.4, -0.2) is 43.6 Å². The Morgan fingerprint density at radius 2 is 1.93 bits per heavy atom. The zero-order chi connectivity index (χ0) is 20.4. The van der Waals surface area contributed by atoms with E-state index in [4.69, 9.17) is 10.1 Å². The van der Waals surface area contributed by atoms with E-state index < -0.39 is 34.1 Å². The number of rotatable bonds is 8. The van der Waals surface area contributed by atoms with Gasteiger partial charge in [-0.25, -0.2) is 17.9 Å². The first-order valence-corrected chi connectivity index (χ1v) is 9.80. The molecule has 0 radical (unpaired) electrons. The van der Waals surface area contributed by atoms with Crippen molar-refractivity contribution in [2.75, 3.05) is 6.61 Å². The minimum Gasteiger partial charge on any atom is -0.508 e. The topological polar surface area (TPSA) is 134 Å². The zero-order valence-corrected chi connectivity index (χ0v) is 16.1. The van der Waals surface area contributed by atoms with Crippen molar-refractivity contribution in [2.45, 2.75) is 44.6 Å². The Morgan fingerprint density at radius 1 is 1.30 bits per heavy atom. The Bertz CT molecular complexity index is 913. The van der Waals surface area contributed by atoms with Crippen molar-refractivity contribution in [3.8, 4) is 0 Å². The van der Waals surface area contributed by atoms with E-state index in [-0.39, 0.29) is 27.8 Å². The molecule has 0 heterocycles. The maximum absolute atomic E-state index is 12.3. The van der Waals surface area contributed by atoms with Gasteiger partial charge < -0.3 is 15.3 Å². The molecule has 1 fully saturated rings. The van der Waals surface area contributed by atoms with E-state index in [0.29, 0.717) is 5.56 Å². The number of hydrogen-bond donors (Lipinski definition) is 3. The maximum Gasteiger partial charge on any atom is 0.338 e. The van der Waals surface area contributed by atoms with Crippen molar-refractivity contribution < 1.29 is 27.9 Å². The van der Waals surface area contributed by atoms with E-state index >= 15 is 0 Å². The van der Waals surface area contributed by atoms with Crippen LogP contribution >= 0.6 is 0 Å². The largest absolute Gasteiger partial charge is 0.508 e. The molecule has 1 aliphatic rings. The first-order valence-electron chi connectivity index (χ1n) is 8.31. The number of aryl methyl sites for hydroxylation is 1. The molecular weight excluding hydrogens is 372 g/mol. The number of benzene rings is 1. The molecule has 0 spiro atoms. The van der Waals surface area contributed by atoms with Crippen LogP contribution in [0.25, 0.3) is 0 Å². The summed E-state index contributed by atoms with van der Waals surface area (Å²) in [4.78, 5) is 23.8. The number of Topliss-reactive ketones (excluding diaryl/α,β-unsaturated/α-hetero) is 1. The number of nitrogens with one attached hydrogen (secondary N) is 2. The second kappa shape index (κ2) is 8.01. The highest BCUT2D eigenvalue weighted by molar-refractivity contribution is 7.89. The van der Waals surface area contributed by atoms with Gasteiger partial charge in [-0.2, -0.15) is 0 Å². The number of ether oxygens (including phenoxy) is 1. The lowest BCUT2D eigenvalue weighted by atomic mass is 10.1. The van der Waals surface area contributed by atoms with E-state index in [0.717, 1.165) is 12.8 Å². The summed E-state index contributed by atoms with van der Waals surface area (Å²) in [6.07, 6.45) is 1.58. The Balaban J connectivity index is 2.21. The number of carbonyl (C=O) groups excluding carboxylic acids is 2. The van der Waals surface area contributed by atoms with Gasteiger partial charge >= 0.3 is 5.97 Å². The smallest absolute Gasteiger partial charge is 0.338 e. The lowest BCUT2D eigenvalue weighted by Crippen LogP contribution is -2.26. The highest BCUT2D eigenvalue weighted by Crippen LogP contribution is 2.23. The Labute approximate surface area is 157 Å². The maximum atomic E-state index is 12.3. The molecule has 3 N–H and O–H groups in total. The summed E-state index contributed by atoms with van der Waals surface area (Å²) in [6.45, 7) is 3.55. The zero-order valence-electron chi connectivity index (χ0n) is 15.3. The molecule has 146 valence electrons. The molecular formula is C18H22N2O6S. The third kappa shape index (κ3) is 5.24. The number of ketones is 1. The summed E-state index contributed by atoms with van der Waals surface area (Å²) in [5.41, 5.74) is 0.178. The monoisotopic (exact) mass is 394 g/mol. The van der Waals surface area contributed by atoms with Gasteiger partial charge in [-0.15, -0.1) is 0 Å². The van der Waals surface area contributed by atoms with Crippen LogP contribution in [0.15, 0.2) is 34.4 Å². The first-order chi connectivity index (χ1) is 12.5. The number of allylic oxidation sites excluding steroid dienone is 1. The SMILES string of the molecule is CC(=N)/C(C(C)=O)=C(/O)COC(=O)c1cc(S(=O)(=O)NC2CC2)ccc1C. The average Bonchev–Trinajstić information content (AvgIpc) is 3.35. The summed E-state index contributed by atoms with van der Waals surface area (Å²) in [5, 5.41) is 17.4. The van der Waals surface area contributed by atoms with Crippen molar-refractivity contribution in [1.82, 2.24) is 4.72 Å². The summed E-state index contributed by atoms with van der Waals surface area (Å²) < 4.78 is 32.1. The normalized spacial score (nSPS) is 15.1. The van der Waals surface area contributed by atoms with Crippen LogP contribution in [0.3, 0.4) is 0 Å². The molecule has 0 atom stereocenters. The van der Waals surface area contributed by atoms with Gasteiger partial charge in [0.25, 0.3) is 0 Å². The van der Waals surface area contributed by atoms with Crippen LogP contribution in [0.5, 0.6) is 0 Å². The Hall–Kier alpha value is -2.52. The van der Waals surface area contributed by atoms with Gasteiger partial charge in [0.05, 0.1) is 16.0 Å². The molecule has 9 heteroatoms. The molecule has 0 unspecified atom stereocenters. The van der Waals surface area contributed by atoms with Gasteiger partial charge in [-0.3, -0.25) is 4.79 Å². The fourth-order valence-corrected chi connectivity index (χ4v) is 3.78. The van der Waals surface area contributed by atoms with Crippen molar-refractivity contribution in [3.05, 3.63) is 40.7 Å². The van der Waals surface area contributed by atoms with Gasteiger partial charge in [0.1, 0.15) is 12.4 Å². The molecule has 1 aromatic rings. The number of aliphatic hydroxyl groups excluding tert-OH is 1. The number of aliphatic hydroxyl groups is 1. The van der Waals surface area contributed by atoms with E-state index in [9.17, 15) is 23.1 Å². The van der Waals surface area contributed by atoms with Crippen molar-refractivity contribution in [2.24, 2.45) is 0 Å². The second-order valence-electron chi connectivity index (χ2n) is 6.45. The number of carbonyl (C=O) groups is 2. The van der Waals surface area contributed by atoms with Crippen molar-refractivity contribution in [1.29, 1.82) is 5.41 Å². The summed E-state index contributed by atoms with van der Waals surface area (Å²) >= 11 is 0.